The molecule has 1 aromatic carbocycles. The molecule has 0 aliphatic carbocycles. The molecule has 1 aromatic heterocycles. The van der Waals surface area contributed by atoms with Crippen molar-refractivity contribution in [2.45, 2.75) is 44.7 Å². The van der Waals surface area contributed by atoms with Gasteiger partial charge >= 0.3 is 11.9 Å². The second-order valence-electron chi connectivity index (χ2n) is 9.18. The Hall–Kier alpha value is -3.63. The number of benzene rings is 1. The van der Waals surface area contributed by atoms with Crippen molar-refractivity contribution in [1.82, 2.24) is 10.3 Å². The maximum Gasteiger partial charge on any atom is 0.312 e. The van der Waals surface area contributed by atoms with Crippen LogP contribution in [0.25, 0.3) is 6.08 Å². The highest BCUT2D eigenvalue weighted by Gasteiger charge is 2.67. The van der Waals surface area contributed by atoms with Crippen LogP contribution in [0.5, 0.6) is 0 Å². The van der Waals surface area contributed by atoms with Gasteiger partial charge in [-0.2, -0.15) is 0 Å². The van der Waals surface area contributed by atoms with E-state index in [1.54, 1.807) is 56.6 Å². The molecule has 1 aliphatic rings. The van der Waals surface area contributed by atoms with Crippen molar-refractivity contribution in [1.29, 1.82) is 0 Å². The lowest BCUT2D eigenvalue weighted by Crippen LogP contribution is -2.69. The van der Waals surface area contributed by atoms with E-state index in [0.717, 1.165) is 5.56 Å². The van der Waals surface area contributed by atoms with Crippen LogP contribution in [0.1, 0.15) is 43.7 Å². The fourth-order valence-corrected chi connectivity index (χ4v) is 5.69. The Morgan fingerprint density at radius 2 is 1.72 bits per heavy atom. The van der Waals surface area contributed by atoms with Crippen LogP contribution >= 0.6 is 0 Å². The van der Waals surface area contributed by atoms with Crippen molar-refractivity contribution < 1.29 is 29.5 Å². The van der Waals surface area contributed by atoms with E-state index >= 15 is 0 Å². The summed E-state index contributed by atoms with van der Waals surface area (Å²) in [5.41, 5.74) is -2.87. The number of nitro groups is 1. The largest absolute Gasteiger partial charge is 0.481 e. The van der Waals surface area contributed by atoms with Crippen LogP contribution < -0.4 is 5.32 Å². The molecular weight excluding hydrogens is 466 g/mol. The number of rotatable bonds is 10. The molecule has 3 rings (SSSR count). The van der Waals surface area contributed by atoms with Gasteiger partial charge < -0.3 is 20.3 Å². The Bertz CT molecular complexity index is 1140. The van der Waals surface area contributed by atoms with Gasteiger partial charge in [0.2, 0.25) is 0 Å². The van der Waals surface area contributed by atoms with Gasteiger partial charge in [0, 0.05) is 55.7 Å². The minimum Gasteiger partial charge on any atom is -0.481 e. The number of carboxylic acids is 2. The lowest BCUT2D eigenvalue weighted by Gasteiger charge is -2.57. The molecular formula is C26H31N3O7. The van der Waals surface area contributed by atoms with Gasteiger partial charge in [0.25, 0.3) is 5.69 Å². The molecule has 192 valence electrons. The van der Waals surface area contributed by atoms with Crippen LogP contribution in [-0.4, -0.2) is 57.9 Å². The zero-order valence-corrected chi connectivity index (χ0v) is 20.5. The van der Waals surface area contributed by atoms with Gasteiger partial charge in [0.15, 0.2) is 0 Å². The number of methoxy groups -OCH3 is 1. The zero-order valence-electron chi connectivity index (χ0n) is 20.5. The van der Waals surface area contributed by atoms with Gasteiger partial charge in [-0.3, -0.25) is 24.7 Å². The van der Waals surface area contributed by atoms with Gasteiger partial charge in [0.05, 0.1) is 15.8 Å². The predicted molar refractivity (Wildman–Crippen MR) is 132 cm³/mol. The molecule has 0 bridgehead atoms. The topological polar surface area (TPSA) is 152 Å². The monoisotopic (exact) mass is 497 g/mol. The van der Waals surface area contributed by atoms with Crippen LogP contribution in [0.15, 0.2) is 54.9 Å². The number of allylic oxidation sites excluding steroid dienone is 1. The number of nitro benzene ring substituents is 1. The first-order valence-electron chi connectivity index (χ1n) is 11.6. The molecule has 2 heterocycles. The number of nitrogens with zero attached hydrogens (tertiary/aromatic N) is 2. The lowest BCUT2D eigenvalue weighted by molar-refractivity contribution is -0.386. The first-order valence-corrected chi connectivity index (χ1v) is 11.6. The number of carbonyl (C=O) groups is 2. The summed E-state index contributed by atoms with van der Waals surface area (Å²) in [6.45, 7) is 3.40. The maximum atomic E-state index is 13.2. The second-order valence-corrected chi connectivity index (χ2v) is 9.18. The number of aliphatic carboxylic acids is 2. The molecule has 5 atom stereocenters. The van der Waals surface area contributed by atoms with Crippen LogP contribution in [0.4, 0.5) is 5.69 Å². The van der Waals surface area contributed by atoms with Crippen molar-refractivity contribution in [3.8, 4) is 0 Å². The Labute approximate surface area is 209 Å². The van der Waals surface area contributed by atoms with E-state index < -0.39 is 45.7 Å². The number of pyridine rings is 1. The van der Waals surface area contributed by atoms with Crippen molar-refractivity contribution in [2.75, 3.05) is 13.7 Å². The highest BCUT2D eigenvalue weighted by Crippen LogP contribution is 2.60. The zero-order chi connectivity index (χ0) is 26.5. The van der Waals surface area contributed by atoms with Crippen molar-refractivity contribution in [2.24, 2.45) is 10.8 Å². The second kappa shape index (κ2) is 11.0. The summed E-state index contributed by atoms with van der Waals surface area (Å²) in [4.78, 5) is 41.7. The maximum absolute atomic E-state index is 13.2. The fourth-order valence-electron chi connectivity index (χ4n) is 5.69. The summed E-state index contributed by atoms with van der Waals surface area (Å²) < 4.78 is 5.23. The van der Waals surface area contributed by atoms with Crippen LogP contribution in [0.2, 0.25) is 0 Å². The molecule has 10 nitrogen and oxygen atoms in total. The molecule has 36 heavy (non-hydrogen) atoms. The Morgan fingerprint density at radius 3 is 2.31 bits per heavy atom. The van der Waals surface area contributed by atoms with E-state index in [1.165, 1.54) is 25.3 Å². The standard InChI is InChI=1S/C26H31N3O7/c1-17-25(23(30)31,12-6-7-19-10-14-27-15-11-19)22(20-8-4-5-9-21(20)29(34)35)26(24(32)33,13-16-36-3)18(2)28-17/h4-11,14-15,17-18,22,28H,12-13,16H2,1-3H3,(H,30,31)(H,32,33)/b7-6+. The molecule has 0 radical (unpaired) electrons. The third-order valence-corrected chi connectivity index (χ3v) is 7.51. The molecule has 1 aliphatic heterocycles. The van der Waals surface area contributed by atoms with Crippen molar-refractivity contribution >= 4 is 23.7 Å². The number of para-hydroxylation sites is 1. The normalized spacial score (nSPS) is 28.1. The number of aromatic nitrogens is 1. The number of piperidine rings is 1. The summed E-state index contributed by atoms with van der Waals surface area (Å²) in [6.07, 6.45) is 6.53. The van der Waals surface area contributed by atoms with Gasteiger partial charge in [-0.15, -0.1) is 0 Å². The van der Waals surface area contributed by atoms with E-state index in [9.17, 15) is 29.9 Å². The number of carboxylic acid groups (broad SMARTS) is 2. The van der Waals surface area contributed by atoms with E-state index in [-0.39, 0.29) is 30.7 Å². The summed E-state index contributed by atoms with van der Waals surface area (Å²) in [6, 6.07) is 7.91. The fraction of sp³-hybridized carbons (Fsp3) is 0.423. The number of nitrogens with one attached hydrogen (secondary N) is 1. The van der Waals surface area contributed by atoms with E-state index in [0.29, 0.717) is 0 Å². The third kappa shape index (κ3) is 4.61. The third-order valence-electron chi connectivity index (χ3n) is 7.51. The van der Waals surface area contributed by atoms with Gasteiger partial charge in [0.1, 0.15) is 0 Å². The summed E-state index contributed by atoms with van der Waals surface area (Å²) in [5.74, 6) is -3.72. The summed E-state index contributed by atoms with van der Waals surface area (Å²) >= 11 is 0. The minimum atomic E-state index is -1.73. The Balaban J connectivity index is 2.33. The van der Waals surface area contributed by atoms with E-state index in [1.807, 2.05) is 0 Å². The van der Waals surface area contributed by atoms with E-state index in [4.69, 9.17) is 4.74 Å². The van der Waals surface area contributed by atoms with Gasteiger partial charge in [-0.05, 0) is 44.4 Å². The quantitative estimate of drug-likeness (QED) is 0.329. The molecule has 5 unspecified atom stereocenters. The minimum absolute atomic E-state index is 0.0341. The van der Waals surface area contributed by atoms with Gasteiger partial charge in [-0.1, -0.05) is 30.4 Å². The number of hydrogen-bond donors (Lipinski definition) is 3. The molecule has 10 heteroatoms. The first kappa shape index (κ1) is 27.0. The van der Waals surface area contributed by atoms with E-state index in [2.05, 4.69) is 10.3 Å². The van der Waals surface area contributed by atoms with Crippen molar-refractivity contribution in [3.05, 3.63) is 76.1 Å². The molecule has 3 N–H and O–H groups in total. The lowest BCUT2D eigenvalue weighted by atomic mass is 9.49. The van der Waals surface area contributed by atoms with Crippen LogP contribution in [0.3, 0.4) is 0 Å². The highest BCUT2D eigenvalue weighted by atomic mass is 16.6. The highest BCUT2D eigenvalue weighted by molar-refractivity contribution is 5.85. The Morgan fingerprint density at radius 1 is 1.11 bits per heavy atom. The van der Waals surface area contributed by atoms with Crippen LogP contribution in [0, 0.1) is 20.9 Å². The summed E-state index contributed by atoms with van der Waals surface area (Å²) in [7, 11) is 1.43. The molecule has 0 amide bonds. The smallest absolute Gasteiger partial charge is 0.312 e. The van der Waals surface area contributed by atoms with Crippen molar-refractivity contribution in [3.63, 3.8) is 0 Å². The first-order chi connectivity index (χ1) is 17.1. The van der Waals surface area contributed by atoms with Crippen LogP contribution in [-0.2, 0) is 14.3 Å². The Kier molecular flexibility index (Phi) is 8.21. The molecule has 2 aromatic rings. The molecule has 0 spiro atoms. The number of ether oxygens (including phenoxy) is 1. The number of hydrogen-bond acceptors (Lipinski definition) is 7. The average molecular weight is 498 g/mol. The van der Waals surface area contributed by atoms with Gasteiger partial charge in [-0.25, -0.2) is 0 Å². The molecule has 1 fully saturated rings. The predicted octanol–water partition coefficient (Wildman–Crippen LogP) is 3.74. The average Bonchev–Trinajstić information content (AvgIpc) is 2.84. The molecule has 1 saturated heterocycles. The SMILES string of the molecule is COCCC1(C(=O)O)C(C)NC(C)C(C/C=C/c2ccncc2)(C(=O)O)C1c1ccccc1[N+](=O)[O-]. The summed E-state index contributed by atoms with van der Waals surface area (Å²) in [5, 5.41) is 36.7. The molecule has 0 saturated carbocycles.